The Morgan fingerprint density at radius 2 is 2.04 bits per heavy atom. The molecule has 1 aromatic carbocycles. The largest absolute Gasteiger partial charge is 0.307 e. The molecule has 0 amide bonds. The van der Waals surface area contributed by atoms with Gasteiger partial charge in [0.15, 0.2) is 0 Å². The van der Waals surface area contributed by atoms with Gasteiger partial charge in [-0.15, -0.1) is 0 Å². The molecule has 0 radical (unpaired) electrons. The van der Waals surface area contributed by atoms with Crippen molar-refractivity contribution in [2.24, 2.45) is 0 Å². The Morgan fingerprint density at radius 3 is 2.89 bits per heavy atom. The second kappa shape index (κ2) is 6.21. The summed E-state index contributed by atoms with van der Waals surface area (Å²) in [5, 5.41) is 12.8. The number of nitrogens with one attached hydrogen (secondary N) is 1. The predicted octanol–water partition coefficient (Wildman–Crippen LogP) is 2.68. The number of nitrogens with zero attached hydrogens (tertiary/aromatic N) is 5. The molecule has 0 aliphatic carbocycles. The molecule has 0 aliphatic rings. The Hall–Kier alpha value is -3.74. The third-order valence-corrected chi connectivity index (χ3v) is 4.65. The summed E-state index contributed by atoms with van der Waals surface area (Å²) in [6.07, 6.45) is 8.05. The highest BCUT2D eigenvalue weighted by molar-refractivity contribution is 5.94. The maximum atomic E-state index is 13.1. The van der Waals surface area contributed by atoms with Crippen molar-refractivity contribution in [3.8, 4) is 11.3 Å². The van der Waals surface area contributed by atoms with Crippen LogP contribution in [-0.4, -0.2) is 29.4 Å². The number of rotatable bonds is 4. The van der Waals surface area contributed by atoms with Gasteiger partial charge in [0.1, 0.15) is 5.65 Å². The minimum Gasteiger partial charge on any atom is -0.307 e. The molecule has 0 fully saturated rings. The highest BCUT2D eigenvalue weighted by Gasteiger charge is 2.12. The van der Waals surface area contributed by atoms with Crippen LogP contribution in [0.4, 0.5) is 0 Å². The van der Waals surface area contributed by atoms with E-state index in [2.05, 4.69) is 20.3 Å². The molecule has 7 nitrogen and oxygen atoms in total. The zero-order valence-corrected chi connectivity index (χ0v) is 14.4. The molecule has 0 saturated carbocycles. The van der Waals surface area contributed by atoms with E-state index in [0.717, 1.165) is 28.0 Å². The molecule has 0 aliphatic heterocycles. The summed E-state index contributed by atoms with van der Waals surface area (Å²) in [7, 11) is 0. The second-order valence-corrected chi connectivity index (χ2v) is 6.35. The lowest BCUT2D eigenvalue weighted by Gasteiger charge is -2.07. The van der Waals surface area contributed by atoms with Gasteiger partial charge in [0.05, 0.1) is 29.5 Å². The van der Waals surface area contributed by atoms with E-state index in [1.165, 1.54) is 4.68 Å². The van der Waals surface area contributed by atoms with Crippen molar-refractivity contribution in [1.29, 1.82) is 0 Å². The average Bonchev–Trinajstić information content (AvgIpc) is 3.36. The first-order valence-corrected chi connectivity index (χ1v) is 8.71. The van der Waals surface area contributed by atoms with Gasteiger partial charge in [0, 0.05) is 36.0 Å². The van der Waals surface area contributed by atoms with Gasteiger partial charge in [-0.2, -0.15) is 10.2 Å². The molecule has 1 N–H and O–H groups in total. The lowest BCUT2D eigenvalue weighted by molar-refractivity contribution is 0.580. The summed E-state index contributed by atoms with van der Waals surface area (Å²) in [6, 6.07) is 13.4. The number of benzene rings is 1. The standard InChI is InChI=1S/C20H16N6O/c27-20-19-14(4-3-5-16(19)17-7-9-21-24-17)12-22-26(20)11-8-15-13-25-10-2-1-6-18(25)23-15/h1-7,9-10,12-13H,8,11H2,(H,21,24). The van der Waals surface area contributed by atoms with Crippen LogP contribution in [0.3, 0.4) is 0 Å². The summed E-state index contributed by atoms with van der Waals surface area (Å²) in [5.41, 5.74) is 3.26. The molecular weight excluding hydrogens is 340 g/mol. The Balaban J connectivity index is 1.53. The van der Waals surface area contributed by atoms with Crippen LogP contribution in [0, 0.1) is 0 Å². The van der Waals surface area contributed by atoms with E-state index in [1.807, 2.05) is 59.3 Å². The van der Waals surface area contributed by atoms with Crippen LogP contribution >= 0.6 is 0 Å². The Kier molecular flexibility index (Phi) is 3.57. The number of pyridine rings is 1. The molecule has 0 unspecified atom stereocenters. The van der Waals surface area contributed by atoms with Crippen molar-refractivity contribution in [2.45, 2.75) is 13.0 Å². The first-order valence-electron chi connectivity index (χ1n) is 8.71. The van der Waals surface area contributed by atoms with Gasteiger partial charge in [0.25, 0.3) is 5.56 Å². The summed E-state index contributed by atoms with van der Waals surface area (Å²) < 4.78 is 3.48. The van der Waals surface area contributed by atoms with Crippen LogP contribution in [0.5, 0.6) is 0 Å². The summed E-state index contributed by atoms with van der Waals surface area (Å²) in [6.45, 7) is 0.466. The molecule has 132 valence electrons. The minimum absolute atomic E-state index is 0.116. The number of aromatic amines is 1. The normalized spacial score (nSPS) is 11.4. The van der Waals surface area contributed by atoms with E-state index in [1.54, 1.807) is 12.4 Å². The van der Waals surface area contributed by atoms with Crippen molar-refractivity contribution in [2.75, 3.05) is 0 Å². The van der Waals surface area contributed by atoms with Crippen LogP contribution in [0.25, 0.3) is 27.7 Å². The van der Waals surface area contributed by atoms with Gasteiger partial charge >= 0.3 is 0 Å². The van der Waals surface area contributed by atoms with Crippen LogP contribution in [-0.2, 0) is 13.0 Å². The van der Waals surface area contributed by atoms with Crippen LogP contribution in [0.1, 0.15) is 5.69 Å². The molecule has 0 spiro atoms. The van der Waals surface area contributed by atoms with Gasteiger partial charge in [-0.25, -0.2) is 9.67 Å². The Morgan fingerprint density at radius 1 is 1.07 bits per heavy atom. The first-order chi connectivity index (χ1) is 13.3. The third-order valence-electron chi connectivity index (χ3n) is 4.65. The molecule has 5 rings (SSSR count). The second-order valence-electron chi connectivity index (χ2n) is 6.35. The van der Waals surface area contributed by atoms with Gasteiger partial charge in [0.2, 0.25) is 0 Å². The third kappa shape index (κ3) is 2.69. The van der Waals surface area contributed by atoms with Crippen molar-refractivity contribution in [1.82, 2.24) is 29.4 Å². The van der Waals surface area contributed by atoms with Gasteiger partial charge < -0.3 is 4.40 Å². The molecule has 4 aromatic heterocycles. The number of H-pyrrole nitrogens is 1. The molecule has 7 heteroatoms. The zero-order valence-electron chi connectivity index (χ0n) is 14.4. The highest BCUT2D eigenvalue weighted by atomic mass is 16.1. The topological polar surface area (TPSA) is 80.9 Å². The van der Waals surface area contributed by atoms with Crippen LogP contribution < -0.4 is 5.56 Å². The molecule has 0 atom stereocenters. The van der Waals surface area contributed by atoms with Crippen LogP contribution in [0.15, 0.2) is 72.0 Å². The van der Waals surface area contributed by atoms with E-state index >= 15 is 0 Å². The van der Waals surface area contributed by atoms with E-state index in [0.29, 0.717) is 18.4 Å². The van der Waals surface area contributed by atoms with Crippen molar-refractivity contribution < 1.29 is 0 Å². The van der Waals surface area contributed by atoms with Gasteiger partial charge in [-0.3, -0.25) is 9.89 Å². The lowest BCUT2D eigenvalue weighted by atomic mass is 10.1. The molecule has 27 heavy (non-hydrogen) atoms. The number of hydrogen-bond donors (Lipinski definition) is 1. The zero-order chi connectivity index (χ0) is 18.2. The average molecular weight is 356 g/mol. The number of imidazole rings is 1. The molecular formula is C20H16N6O. The number of aryl methyl sites for hydroxylation is 2. The molecule has 5 aromatic rings. The van der Waals surface area contributed by atoms with E-state index < -0.39 is 0 Å². The van der Waals surface area contributed by atoms with E-state index in [-0.39, 0.29) is 5.56 Å². The summed E-state index contributed by atoms with van der Waals surface area (Å²) in [5.74, 6) is 0. The maximum absolute atomic E-state index is 13.1. The van der Waals surface area contributed by atoms with E-state index in [4.69, 9.17) is 0 Å². The van der Waals surface area contributed by atoms with Gasteiger partial charge in [-0.05, 0) is 18.2 Å². The highest BCUT2D eigenvalue weighted by Crippen LogP contribution is 2.23. The number of aromatic nitrogens is 6. The van der Waals surface area contributed by atoms with E-state index in [9.17, 15) is 4.79 Å². The summed E-state index contributed by atoms with van der Waals surface area (Å²) in [4.78, 5) is 17.7. The smallest absolute Gasteiger partial charge is 0.275 e. The summed E-state index contributed by atoms with van der Waals surface area (Å²) >= 11 is 0. The fraction of sp³-hybridized carbons (Fsp3) is 0.100. The van der Waals surface area contributed by atoms with Crippen molar-refractivity contribution >= 4 is 16.4 Å². The predicted molar refractivity (Wildman–Crippen MR) is 102 cm³/mol. The molecule has 0 bridgehead atoms. The lowest BCUT2D eigenvalue weighted by Crippen LogP contribution is -2.24. The Labute approximate surface area is 153 Å². The van der Waals surface area contributed by atoms with Crippen molar-refractivity contribution in [3.63, 3.8) is 0 Å². The van der Waals surface area contributed by atoms with Crippen LogP contribution in [0.2, 0.25) is 0 Å². The quantitative estimate of drug-likeness (QED) is 0.537. The molecule has 0 saturated heterocycles. The van der Waals surface area contributed by atoms with Crippen molar-refractivity contribution in [3.05, 3.63) is 83.3 Å². The fourth-order valence-electron chi connectivity index (χ4n) is 3.34. The monoisotopic (exact) mass is 356 g/mol. The SMILES string of the molecule is O=c1c2c(-c3cc[nH]n3)cccc2cnn1CCc1cn2ccccc2n1. The Bertz CT molecular complexity index is 1270. The minimum atomic E-state index is -0.116. The molecule has 4 heterocycles. The maximum Gasteiger partial charge on any atom is 0.275 e. The number of hydrogen-bond acceptors (Lipinski definition) is 4. The fourth-order valence-corrected chi connectivity index (χ4v) is 3.34. The first kappa shape index (κ1) is 15.5. The number of fused-ring (bicyclic) bond motifs is 2. The van der Waals surface area contributed by atoms with Gasteiger partial charge in [-0.1, -0.05) is 24.3 Å².